The van der Waals surface area contributed by atoms with Gasteiger partial charge in [0.15, 0.2) is 0 Å². The summed E-state index contributed by atoms with van der Waals surface area (Å²) in [4.78, 5) is 18.7. The van der Waals surface area contributed by atoms with Crippen molar-refractivity contribution in [3.63, 3.8) is 0 Å². The third-order valence-corrected chi connectivity index (χ3v) is 4.42. The monoisotopic (exact) mass is 343 g/mol. The first kappa shape index (κ1) is 17.6. The molecule has 2 aromatic rings. The molecule has 0 spiro atoms. The van der Waals surface area contributed by atoms with Crippen molar-refractivity contribution in [3.05, 3.63) is 36.2 Å². The number of pyridine rings is 1. The maximum Gasteiger partial charge on any atom is 0.269 e. The van der Waals surface area contributed by atoms with E-state index in [1.54, 1.807) is 12.3 Å². The number of aromatic amines is 1. The van der Waals surface area contributed by atoms with Gasteiger partial charge in [0.1, 0.15) is 11.4 Å². The number of hydrogen-bond acceptors (Lipinski definition) is 5. The van der Waals surface area contributed by atoms with Crippen molar-refractivity contribution >= 4 is 5.91 Å². The Bertz CT molecular complexity index is 665. The SMILES string of the molecule is O=C(NC[C@@H](O)CN1CCCCCC1)c1cc(-c2ccccn2)n[nH]1. The first-order chi connectivity index (χ1) is 12.2. The third-order valence-electron chi connectivity index (χ3n) is 4.42. The molecule has 3 rings (SSSR count). The van der Waals surface area contributed by atoms with Gasteiger partial charge in [-0.2, -0.15) is 5.10 Å². The lowest BCUT2D eigenvalue weighted by Crippen LogP contribution is -2.40. The molecule has 0 aromatic carbocycles. The van der Waals surface area contributed by atoms with Crippen molar-refractivity contribution in [2.24, 2.45) is 0 Å². The Morgan fingerprint density at radius 2 is 2.04 bits per heavy atom. The highest BCUT2D eigenvalue weighted by Gasteiger charge is 2.16. The van der Waals surface area contributed by atoms with E-state index >= 15 is 0 Å². The van der Waals surface area contributed by atoms with Gasteiger partial charge in [-0.3, -0.25) is 14.9 Å². The zero-order valence-corrected chi connectivity index (χ0v) is 14.3. The second kappa shape index (κ2) is 8.73. The number of nitrogens with one attached hydrogen (secondary N) is 2. The van der Waals surface area contributed by atoms with Gasteiger partial charge in [0, 0.05) is 19.3 Å². The summed E-state index contributed by atoms with van der Waals surface area (Å²) in [5.41, 5.74) is 1.69. The number of likely N-dealkylation sites (tertiary alicyclic amines) is 1. The van der Waals surface area contributed by atoms with Crippen molar-refractivity contribution in [2.45, 2.75) is 31.8 Å². The van der Waals surface area contributed by atoms with Crippen LogP contribution in [-0.2, 0) is 0 Å². The average molecular weight is 343 g/mol. The molecule has 2 aromatic heterocycles. The Morgan fingerprint density at radius 1 is 1.24 bits per heavy atom. The van der Waals surface area contributed by atoms with Crippen molar-refractivity contribution in [1.82, 2.24) is 25.4 Å². The van der Waals surface area contributed by atoms with Crippen LogP contribution in [0.2, 0.25) is 0 Å². The van der Waals surface area contributed by atoms with E-state index in [2.05, 4.69) is 25.4 Å². The van der Waals surface area contributed by atoms with Crippen LogP contribution in [0.25, 0.3) is 11.4 Å². The largest absolute Gasteiger partial charge is 0.390 e. The van der Waals surface area contributed by atoms with Crippen LogP contribution in [0.15, 0.2) is 30.5 Å². The highest BCUT2D eigenvalue weighted by atomic mass is 16.3. The molecule has 0 aliphatic carbocycles. The van der Waals surface area contributed by atoms with E-state index in [0.29, 0.717) is 23.6 Å². The fourth-order valence-electron chi connectivity index (χ4n) is 3.07. The summed E-state index contributed by atoms with van der Waals surface area (Å²) in [6, 6.07) is 7.20. The Hall–Kier alpha value is -2.25. The molecule has 0 unspecified atom stereocenters. The van der Waals surface area contributed by atoms with E-state index < -0.39 is 6.10 Å². The minimum absolute atomic E-state index is 0.229. The molecule has 7 nitrogen and oxygen atoms in total. The lowest BCUT2D eigenvalue weighted by Gasteiger charge is -2.23. The molecule has 0 saturated carbocycles. The molecule has 1 aliphatic heterocycles. The van der Waals surface area contributed by atoms with E-state index in [4.69, 9.17) is 0 Å². The van der Waals surface area contributed by atoms with Crippen molar-refractivity contribution < 1.29 is 9.90 Å². The third kappa shape index (κ3) is 5.11. The van der Waals surface area contributed by atoms with Crippen molar-refractivity contribution in [1.29, 1.82) is 0 Å². The minimum Gasteiger partial charge on any atom is -0.390 e. The molecule has 1 fully saturated rings. The number of aliphatic hydroxyl groups is 1. The predicted octanol–water partition coefficient (Wildman–Crippen LogP) is 1.44. The van der Waals surface area contributed by atoms with Crippen LogP contribution in [0.5, 0.6) is 0 Å². The van der Waals surface area contributed by atoms with Gasteiger partial charge < -0.3 is 15.3 Å². The molecule has 7 heteroatoms. The van der Waals surface area contributed by atoms with Crippen LogP contribution >= 0.6 is 0 Å². The molecule has 25 heavy (non-hydrogen) atoms. The number of carbonyl (C=O) groups is 1. The number of carbonyl (C=O) groups excluding carboxylic acids is 1. The van der Waals surface area contributed by atoms with E-state index in [-0.39, 0.29) is 12.5 Å². The van der Waals surface area contributed by atoms with Gasteiger partial charge in [-0.25, -0.2) is 0 Å². The first-order valence-corrected chi connectivity index (χ1v) is 8.88. The summed E-state index contributed by atoms with van der Waals surface area (Å²) in [6.07, 6.45) is 6.01. The van der Waals surface area contributed by atoms with Gasteiger partial charge in [0.05, 0.1) is 11.8 Å². The number of aliphatic hydroxyl groups excluding tert-OH is 1. The van der Waals surface area contributed by atoms with Gasteiger partial charge in [-0.05, 0) is 44.1 Å². The summed E-state index contributed by atoms with van der Waals surface area (Å²) in [7, 11) is 0. The van der Waals surface area contributed by atoms with Crippen molar-refractivity contribution in [3.8, 4) is 11.4 Å². The zero-order chi connectivity index (χ0) is 17.5. The smallest absolute Gasteiger partial charge is 0.269 e. The molecule has 1 amide bonds. The standard InChI is InChI=1S/C18H25N5O2/c24-14(13-23-9-5-1-2-6-10-23)12-20-18(25)17-11-16(21-22-17)15-7-3-4-8-19-15/h3-4,7-8,11,14,24H,1-2,5-6,9-10,12-13H2,(H,20,25)(H,21,22)/t14-/m1/s1. The Labute approximate surface area is 147 Å². The quantitative estimate of drug-likeness (QED) is 0.738. The fraction of sp³-hybridized carbons (Fsp3) is 0.500. The molecule has 1 aliphatic rings. The Kier molecular flexibility index (Phi) is 6.14. The number of H-pyrrole nitrogens is 1. The van der Waals surface area contributed by atoms with Crippen LogP contribution in [0.4, 0.5) is 0 Å². The zero-order valence-electron chi connectivity index (χ0n) is 14.3. The number of β-amino-alcohol motifs (C(OH)–C–C–N with tert-alkyl or cyclic N) is 1. The topological polar surface area (TPSA) is 94.1 Å². The summed E-state index contributed by atoms with van der Waals surface area (Å²) < 4.78 is 0. The summed E-state index contributed by atoms with van der Waals surface area (Å²) in [6.45, 7) is 2.88. The average Bonchev–Trinajstić information content (AvgIpc) is 3.00. The molecule has 3 heterocycles. The summed E-state index contributed by atoms with van der Waals surface area (Å²) in [5, 5.41) is 19.8. The maximum atomic E-state index is 12.2. The normalized spacial score (nSPS) is 17.0. The number of rotatable bonds is 6. The molecular formula is C18H25N5O2. The van der Waals surface area contributed by atoms with Gasteiger partial charge >= 0.3 is 0 Å². The molecule has 0 bridgehead atoms. The number of nitrogens with zero attached hydrogens (tertiary/aromatic N) is 3. The summed E-state index contributed by atoms with van der Waals surface area (Å²) in [5.74, 6) is -0.274. The predicted molar refractivity (Wildman–Crippen MR) is 95.1 cm³/mol. The van der Waals surface area contributed by atoms with Gasteiger partial charge in [0.25, 0.3) is 5.91 Å². The van der Waals surface area contributed by atoms with Gasteiger partial charge in [-0.15, -0.1) is 0 Å². The lowest BCUT2D eigenvalue weighted by molar-refractivity contribution is 0.0858. The molecule has 0 radical (unpaired) electrons. The number of hydrogen-bond donors (Lipinski definition) is 3. The van der Waals surface area contributed by atoms with Crippen LogP contribution in [0.3, 0.4) is 0 Å². The number of aromatic nitrogens is 3. The fourth-order valence-corrected chi connectivity index (χ4v) is 3.07. The second-order valence-corrected chi connectivity index (χ2v) is 6.46. The lowest BCUT2D eigenvalue weighted by atomic mass is 10.2. The molecule has 134 valence electrons. The first-order valence-electron chi connectivity index (χ1n) is 8.88. The molecule has 3 N–H and O–H groups in total. The van der Waals surface area contributed by atoms with E-state index in [0.717, 1.165) is 13.1 Å². The van der Waals surface area contributed by atoms with E-state index in [9.17, 15) is 9.90 Å². The Morgan fingerprint density at radius 3 is 2.76 bits per heavy atom. The Balaban J connectivity index is 1.48. The maximum absolute atomic E-state index is 12.2. The molecular weight excluding hydrogens is 318 g/mol. The van der Waals surface area contributed by atoms with Crippen molar-refractivity contribution in [2.75, 3.05) is 26.2 Å². The second-order valence-electron chi connectivity index (χ2n) is 6.46. The van der Waals surface area contributed by atoms with Crippen LogP contribution in [0.1, 0.15) is 36.2 Å². The van der Waals surface area contributed by atoms with Gasteiger partial charge in [0.2, 0.25) is 0 Å². The van der Waals surface area contributed by atoms with E-state index in [1.807, 2.05) is 18.2 Å². The van der Waals surface area contributed by atoms with Gasteiger partial charge in [-0.1, -0.05) is 18.9 Å². The number of amides is 1. The molecule has 1 atom stereocenters. The van der Waals surface area contributed by atoms with E-state index in [1.165, 1.54) is 25.7 Å². The highest BCUT2D eigenvalue weighted by Crippen LogP contribution is 2.14. The molecule has 1 saturated heterocycles. The minimum atomic E-state index is -0.569. The van der Waals surface area contributed by atoms with Crippen LogP contribution in [-0.4, -0.2) is 63.4 Å². The van der Waals surface area contributed by atoms with Crippen LogP contribution in [0, 0.1) is 0 Å². The summed E-state index contributed by atoms with van der Waals surface area (Å²) >= 11 is 0. The van der Waals surface area contributed by atoms with Crippen LogP contribution < -0.4 is 5.32 Å². The highest BCUT2D eigenvalue weighted by molar-refractivity contribution is 5.93.